The largest absolute Gasteiger partial charge is 0.356 e. The van der Waals surface area contributed by atoms with Crippen LogP contribution in [-0.4, -0.2) is 70.5 Å². The Hall–Kier alpha value is -3.69. The van der Waals surface area contributed by atoms with Crippen molar-refractivity contribution in [3.8, 4) is 0 Å². The summed E-state index contributed by atoms with van der Waals surface area (Å²) in [6, 6.07) is 6.13. The fraction of sp³-hybridized carbons (Fsp3) is 0.581. The van der Waals surface area contributed by atoms with Crippen LogP contribution in [0.5, 0.6) is 0 Å². The summed E-state index contributed by atoms with van der Waals surface area (Å²) in [6.07, 6.45) is 7.98. The van der Waals surface area contributed by atoms with E-state index in [1.807, 2.05) is 18.2 Å². The van der Waals surface area contributed by atoms with Gasteiger partial charge in [0.25, 0.3) is 11.8 Å². The van der Waals surface area contributed by atoms with Crippen LogP contribution < -0.4 is 16.0 Å². The number of hydrogen-bond donors (Lipinski definition) is 4. The van der Waals surface area contributed by atoms with Gasteiger partial charge in [0.15, 0.2) is 0 Å². The lowest BCUT2D eigenvalue weighted by Crippen LogP contribution is -2.58. The molecule has 3 atom stereocenters. The van der Waals surface area contributed by atoms with Gasteiger partial charge in [0.2, 0.25) is 17.6 Å². The highest BCUT2D eigenvalue weighted by molar-refractivity contribution is 6.38. The quantitative estimate of drug-likeness (QED) is 0.349. The van der Waals surface area contributed by atoms with Gasteiger partial charge in [0.1, 0.15) is 11.7 Å². The molecule has 4 amide bonds. The number of amides is 4. The zero-order valence-electron chi connectivity index (χ0n) is 23.2. The maximum absolute atomic E-state index is 13.9. The number of aromatic nitrogens is 1. The smallest absolute Gasteiger partial charge is 0.289 e. The van der Waals surface area contributed by atoms with Crippen LogP contribution in [0.1, 0.15) is 86.2 Å². The predicted molar refractivity (Wildman–Crippen MR) is 150 cm³/mol. The number of carbonyl (C=O) groups is 5. The van der Waals surface area contributed by atoms with E-state index in [2.05, 4.69) is 27.0 Å². The van der Waals surface area contributed by atoms with Gasteiger partial charge in [-0.3, -0.25) is 24.0 Å². The van der Waals surface area contributed by atoms with Crippen LogP contribution in [0.3, 0.4) is 0 Å². The minimum Gasteiger partial charge on any atom is -0.356 e. The maximum Gasteiger partial charge on any atom is 0.289 e. The molecule has 2 aliphatic heterocycles. The molecule has 5 fully saturated rings. The molecule has 7 rings (SSSR count). The highest BCUT2D eigenvalue weighted by atomic mass is 16.2. The van der Waals surface area contributed by atoms with Crippen LogP contribution in [-0.2, 0) is 19.2 Å². The Balaban J connectivity index is 1.13. The van der Waals surface area contributed by atoms with E-state index in [0.717, 1.165) is 55.8 Å². The lowest BCUT2D eigenvalue weighted by Gasteiger charge is -2.39. The Labute approximate surface area is 238 Å². The van der Waals surface area contributed by atoms with Crippen LogP contribution in [0.2, 0.25) is 0 Å². The van der Waals surface area contributed by atoms with Gasteiger partial charge in [-0.05, 0) is 93.2 Å². The summed E-state index contributed by atoms with van der Waals surface area (Å²) in [7, 11) is 0. The number of nitrogens with one attached hydrogen (secondary N) is 4. The molecule has 10 nitrogen and oxygen atoms in total. The Morgan fingerprint density at radius 2 is 1.85 bits per heavy atom. The van der Waals surface area contributed by atoms with Crippen molar-refractivity contribution in [1.82, 2.24) is 25.8 Å². The number of fused-ring (bicyclic) bond motifs is 1. The number of H-pyrrole nitrogens is 1. The van der Waals surface area contributed by atoms with Gasteiger partial charge in [-0.25, -0.2) is 0 Å². The number of nitrogens with zero attached hydrogens (tertiary/aromatic N) is 1. The molecular weight excluding hydrogens is 522 g/mol. The highest BCUT2D eigenvalue weighted by Gasteiger charge is 2.51. The molecule has 3 heterocycles. The van der Waals surface area contributed by atoms with Crippen LogP contribution in [0, 0.1) is 11.3 Å². The van der Waals surface area contributed by atoms with Gasteiger partial charge in [0, 0.05) is 36.0 Å². The molecule has 10 heteroatoms. The zero-order chi connectivity index (χ0) is 28.3. The second-order valence-corrected chi connectivity index (χ2v) is 12.9. The van der Waals surface area contributed by atoms with E-state index >= 15 is 0 Å². The van der Waals surface area contributed by atoms with Crippen LogP contribution in [0.4, 0.5) is 0 Å². The van der Waals surface area contributed by atoms with Gasteiger partial charge < -0.3 is 25.8 Å². The monoisotopic (exact) mass is 559 g/mol. The topological polar surface area (TPSA) is 140 Å². The van der Waals surface area contributed by atoms with Crippen molar-refractivity contribution < 1.29 is 24.0 Å². The number of piperidine rings is 1. The zero-order valence-corrected chi connectivity index (χ0v) is 23.2. The van der Waals surface area contributed by atoms with E-state index in [0.29, 0.717) is 37.5 Å². The van der Waals surface area contributed by atoms with Crippen LogP contribution >= 0.6 is 0 Å². The number of carbonyl (C=O) groups excluding carboxylic acids is 5. The number of aromatic amines is 1. The summed E-state index contributed by atoms with van der Waals surface area (Å²) in [5, 5.41) is 9.37. The number of ketones is 1. The van der Waals surface area contributed by atoms with Gasteiger partial charge in [0.05, 0.1) is 6.04 Å². The lowest BCUT2D eigenvalue weighted by atomic mass is 9.86. The summed E-state index contributed by atoms with van der Waals surface area (Å²) < 4.78 is 0. The molecule has 3 saturated carbocycles. The number of Topliss-reactive ketones (excluding diaryl/α,β-unsaturated/α-hetero) is 1. The van der Waals surface area contributed by atoms with Crippen molar-refractivity contribution in [1.29, 1.82) is 0 Å². The molecule has 41 heavy (non-hydrogen) atoms. The Bertz CT molecular complexity index is 1440. The minimum atomic E-state index is -1.13. The van der Waals surface area contributed by atoms with Crippen molar-refractivity contribution in [2.24, 2.45) is 11.3 Å². The molecule has 1 aromatic heterocycles. The molecule has 1 unspecified atom stereocenters. The first-order chi connectivity index (χ1) is 19.8. The fourth-order valence-corrected chi connectivity index (χ4v) is 6.74. The molecule has 4 N–H and O–H groups in total. The van der Waals surface area contributed by atoms with E-state index in [-0.39, 0.29) is 29.7 Å². The van der Waals surface area contributed by atoms with Gasteiger partial charge >= 0.3 is 0 Å². The Morgan fingerprint density at radius 1 is 1.05 bits per heavy atom. The first kappa shape index (κ1) is 26.2. The first-order valence-corrected chi connectivity index (χ1v) is 15.2. The molecular formula is C31H37N5O5. The van der Waals surface area contributed by atoms with Crippen molar-refractivity contribution in [3.63, 3.8) is 0 Å². The summed E-state index contributed by atoms with van der Waals surface area (Å²) >= 11 is 0. The second-order valence-electron chi connectivity index (χ2n) is 12.9. The number of likely N-dealkylation sites (tertiary alicyclic amines) is 1. The van der Waals surface area contributed by atoms with Crippen molar-refractivity contribution in [2.45, 2.75) is 88.3 Å². The predicted octanol–water partition coefficient (Wildman–Crippen LogP) is 2.29. The minimum absolute atomic E-state index is 0.00416. The summed E-state index contributed by atoms with van der Waals surface area (Å²) in [5.74, 6) is -2.22. The van der Waals surface area contributed by atoms with Crippen molar-refractivity contribution >= 4 is 40.3 Å². The van der Waals surface area contributed by atoms with E-state index in [4.69, 9.17) is 0 Å². The lowest BCUT2D eigenvalue weighted by molar-refractivity contribution is -0.141. The van der Waals surface area contributed by atoms with E-state index in [1.54, 1.807) is 4.90 Å². The average Bonchev–Trinajstić information content (AvgIpc) is 3.91. The van der Waals surface area contributed by atoms with Crippen molar-refractivity contribution in [3.05, 3.63) is 35.5 Å². The first-order valence-electron chi connectivity index (χ1n) is 15.2. The molecule has 216 valence electrons. The molecule has 2 saturated heterocycles. The number of hydrogen-bond acceptors (Lipinski definition) is 5. The molecule has 2 aromatic rings. The van der Waals surface area contributed by atoms with E-state index in [1.165, 1.54) is 5.56 Å². The molecule has 5 aliphatic rings. The maximum atomic E-state index is 13.9. The van der Waals surface area contributed by atoms with Crippen molar-refractivity contribution in [2.75, 3.05) is 13.1 Å². The molecule has 0 bridgehead atoms. The standard InChI is InChI=1S/C31H37N5O5/c37-26(29(40)33-19-6-7-19)23(14-18-8-12-32-27(18)38)35-28(39)25-16-31(9-10-31)11-13-36(25)30(41)24-15-21-20(17-4-5-17)2-1-3-22(21)34-24/h1-3,15,17-19,23,25,34H,4-14,16H2,(H,32,38)(H,33,40)(H,35,39)/t18-,23?,25-/m0/s1. The van der Waals surface area contributed by atoms with E-state index in [9.17, 15) is 24.0 Å². The number of rotatable bonds is 9. The summed E-state index contributed by atoms with van der Waals surface area (Å²) in [6.45, 7) is 0.959. The van der Waals surface area contributed by atoms with Gasteiger partial charge in [-0.2, -0.15) is 0 Å². The summed E-state index contributed by atoms with van der Waals surface area (Å²) in [5.41, 5.74) is 2.67. The number of benzene rings is 1. The normalized spacial score (nSPS) is 25.6. The third kappa shape index (κ3) is 5.24. The summed E-state index contributed by atoms with van der Waals surface area (Å²) in [4.78, 5) is 71.0. The molecule has 0 radical (unpaired) electrons. The van der Waals surface area contributed by atoms with Crippen LogP contribution in [0.15, 0.2) is 24.3 Å². The van der Waals surface area contributed by atoms with Gasteiger partial charge in [-0.15, -0.1) is 0 Å². The second kappa shape index (κ2) is 9.99. The highest BCUT2D eigenvalue weighted by Crippen LogP contribution is 2.55. The van der Waals surface area contributed by atoms with Crippen LogP contribution in [0.25, 0.3) is 10.9 Å². The van der Waals surface area contributed by atoms with Gasteiger partial charge in [-0.1, -0.05) is 12.1 Å². The molecule has 3 aliphatic carbocycles. The Kier molecular flexibility index (Phi) is 6.39. The Morgan fingerprint density at radius 3 is 2.54 bits per heavy atom. The SMILES string of the molecule is O=C(NC1CC1)C(=O)C(C[C@@H]1CCNC1=O)NC(=O)[C@@H]1CC2(CCN1C(=O)c1cc3c(C4CC4)cccc3[nH]1)CC2. The molecule has 1 aromatic carbocycles. The third-order valence-corrected chi connectivity index (χ3v) is 9.80. The fourth-order valence-electron chi connectivity index (χ4n) is 6.74. The van der Waals surface area contributed by atoms with E-state index < -0.39 is 35.6 Å². The molecule has 1 spiro atoms. The third-order valence-electron chi connectivity index (χ3n) is 9.80. The average molecular weight is 560 g/mol.